The van der Waals surface area contributed by atoms with E-state index in [0.29, 0.717) is 5.92 Å². The summed E-state index contributed by atoms with van der Waals surface area (Å²) in [6.45, 7) is 4.84. The first-order valence-electron chi connectivity index (χ1n) is 7.67. The summed E-state index contributed by atoms with van der Waals surface area (Å²) in [5.74, 6) is 1.56. The van der Waals surface area contributed by atoms with E-state index in [1.165, 1.54) is 23.9 Å². The van der Waals surface area contributed by atoms with Crippen molar-refractivity contribution in [1.82, 2.24) is 14.8 Å². The molecular formula is C16H18F3N3S. The van der Waals surface area contributed by atoms with Crippen LogP contribution in [-0.4, -0.2) is 14.8 Å². The number of alkyl halides is 3. The molecule has 1 heterocycles. The van der Waals surface area contributed by atoms with E-state index < -0.39 is 11.7 Å². The molecule has 0 aliphatic heterocycles. The number of benzene rings is 1. The Morgan fingerprint density at radius 1 is 1.22 bits per heavy atom. The Morgan fingerprint density at radius 2 is 1.87 bits per heavy atom. The first kappa shape index (κ1) is 16.4. The molecule has 2 aromatic rings. The van der Waals surface area contributed by atoms with Crippen LogP contribution >= 0.6 is 11.8 Å². The van der Waals surface area contributed by atoms with Gasteiger partial charge in [-0.15, -0.1) is 10.2 Å². The van der Waals surface area contributed by atoms with Gasteiger partial charge in [-0.05, 0) is 44.4 Å². The van der Waals surface area contributed by atoms with Crippen LogP contribution in [0.3, 0.4) is 0 Å². The number of nitrogens with zero attached hydrogens (tertiary/aromatic N) is 3. The third-order valence-electron chi connectivity index (χ3n) is 3.99. The molecule has 1 fully saturated rings. The minimum atomic E-state index is -4.30. The molecule has 7 heteroatoms. The van der Waals surface area contributed by atoms with Crippen molar-refractivity contribution >= 4 is 11.8 Å². The molecule has 1 aromatic heterocycles. The smallest absolute Gasteiger partial charge is 0.306 e. The summed E-state index contributed by atoms with van der Waals surface area (Å²) in [5.41, 5.74) is 0.229. The van der Waals surface area contributed by atoms with Crippen LogP contribution in [0, 0.1) is 0 Å². The average Bonchev–Trinajstić information content (AvgIpc) is 3.28. The van der Waals surface area contributed by atoms with Gasteiger partial charge in [0.05, 0.1) is 5.56 Å². The van der Waals surface area contributed by atoms with E-state index in [4.69, 9.17) is 0 Å². The van der Waals surface area contributed by atoms with Crippen molar-refractivity contribution in [3.63, 3.8) is 0 Å². The molecule has 1 aromatic carbocycles. The van der Waals surface area contributed by atoms with Gasteiger partial charge in [0.25, 0.3) is 0 Å². The molecular weight excluding hydrogens is 323 g/mol. The van der Waals surface area contributed by atoms with Crippen molar-refractivity contribution in [1.29, 1.82) is 0 Å². The van der Waals surface area contributed by atoms with Crippen molar-refractivity contribution in [3.05, 3.63) is 41.2 Å². The SMILES string of the molecule is CCn1c(SC(C)c2ccc(C(F)(F)F)cc2)nnc1C1CC1. The van der Waals surface area contributed by atoms with E-state index in [1.54, 1.807) is 0 Å². The van der Waals surface area contributed by atoms with Crippen LogP contribution in [0.2, 0.25) is 0 Å². The number of rotatable bonds is 5. The molecule has 1 aliphatic rings. The van der Waals surface area contributed by atoms with E-state index in [-0.39, 0.29) is 5.25 Å². The number of hydrogen-bond donors (Lipinski definition) is 0. The third kappa shape index (κ3) is 3.54. The highest BCUT2D eigenvalue weighted by atomic mass is 32.2. The topological polar surface area (TPSA) is 30.7 Å². The molecule has 0 radical (unpaired) electrons. The molecule has 1 saturated carbocycles. The average molecular weight is 341 g/mol. The van der Waals surface area contributed by atoms with E-state index in [1.807, 2.05) is 6.92 Å². The number of aromatic nitrogens is 3. The highest BCUT2D eigenvalue weighted by Gasteiger charge is 2.31. The monoisotopic (exact) mass is 341 g/mol. The summed E-state index contributed by atoms with van der Waals surface area (Å²) in [6, 6.07) is 5.34. The first-order chi connectivity index (χ1) is 10.9. The van der Waals surface area contributed by atoms with Crippen LogP contribution in [0.25, 0.3) is 0 Å². The molecule has 3 rings (SSSR count). The molecule has 0 spiro atoms. The zero-order chi connectivity index (χ0) is 16.6. The quantitative estimate of drug-likeness (QED) is 0.713. The van der Waals surface area contributed by atoms with E-state index >= 15 is 0 Å². The fraction of sp³-hybridized carbons (Fsp3) is 0.500. The summed E-state index contributed by atoms with van der Waals surface area (Å²) in [5, 5.41) is 9.40. The molecule has 1 atom stereocenters. The molecule has 0 bridgehead atoms. The maximum absolute atomic E-state index is 12.6. The molecule has 1 aliphatic carbocycles. The molecule has 1 unspecified atom stereocenters. The Morgan fingerprint density at radius 3 is 2.39 bits per heavy atom. The molecule has 0 amide bonds. The standard InChI is InChI=1S/C16H18F3N3S/c1-3-22-14(12-4-5-12)20-21-15(22)23-10(2)11-6-8-13(9-7-11)16(17,18)19/h6-10,12H,3-5H2,1-2H3. The van der Waals surface area contributed by atoms with Gasteiger partial charge < -0.3 is 4.57 Å². The zero-order valence-electron chi connectivity index (χ0n) is 13.0. The lowest BCUT2D eigenvalue weighted by molar-refractivity contribution is -0.137. The maximum Gasteiger partial charge on any atom is 0.416 e. The van der Waals surface area contributed by atoms with Gasteiger partial charge in [0.15, 0.2) is 5.16 Å². The van der Waals surface area contributed by atoms with E-state index in [9.17, 15) is 13.2 Å². The van der Waals surface area contributed by atoms with E-state index in [2.05, 4.69) is 21.7 Å². The Labute approximate surface area is 137 Å². The molecule has 3 nitrogen and oxygen atoms in total. The van der Waals surface area contributed by atoms with Gasteiger partial charge in [-0.1, -0.05) is 23.9 Å². The van der Waals surface area contributed by atoms with E-state index in [0.717, 1.165) is 48.1 Å². The highest BCUT2D eigenvalue weighted by molar-refractivity contribution is 7.99. The van der Waals surface area contributed by atoms with Gasteiger partial charge in [-0.25, -0.2) is 0 Å². The van der Waals surface area contributed by atoms with Gasteiger partial charge in [0.2, 0.25) is 0 Å². The Bertz CT molecular complexity index is 675. The van der Waals surface area contributed by atoms with Crippen LogP contribution in [0.4, 0.5) is 13.2 Å². The Hall–Kier alpha value is -1.50. The summed E-state index contributed by atoms with van der Waals surface area (Å²) in [7, 11) is 0. The van der Waals surface area contributed by atoms with Crippen molar-refractivity contribution in [2.75, 3.05) is 0 Å². The van der Waals surface area contributed by atoms with Crippen molar-refractivity contribution in [3.8, 4) is 0 Å². The lowest BCUT2D eigenvalue weighted by Gasteiger charge is -2.14. The maximum atomic E-state index is 12.6. The first-order valence-corrected chi connectivity index (χ1v) is 8.55. The normalized spacial score (nSPS) is 16.6. The van der Waals surface area contributed by atoms with Gasteiger partial charge >= 0.3 is 6.18 Å². The Balaban J connectivity index is 1.75. The number of halogens is 3. The lowest BCUT2D eigenvalue weighted by Crippen LogP contribution is -2.05. The minimum Gasteiger partial charge on any atom is -0.306 e. The van der Waals surface area contributed by atoms with Crippen LogP contribution in [0.1, 0.15) is 54.8 Å². The second kappa shape index (κ2) is 6.19. The second-order valence-corrected chi connectivity index (χ2v) is 7.05. The fourth-order valence-electron chi connectivity index (χ4n) is 2.50. The summed E-state index contributed by atoms with van der Waals surface area (Å²) < 4.78 is 40.0. The molecule has 0 saturated heterocycles. The van der Waals surface area contributed by atoms with Gasteiger partial charge in [-0.3, -0.25) is 0 Å². The third-order valence-corrected chi connectivity index (χ3v) is 5.13. The van der Waals surface area contributed by atoms with Crippen LogP contribution in [-0.2, 0) is 12.7 Å². The second-order valence-electron chi connectivity index (χ2n) is 5.74. The summed E-state index contributed by atoms with van der Waals surface area (Å²) >= 11 is 1.54. The lowest BCUT2D eigenvalue weighted by atomic mass is 10.1. The fourth-order valence-corrected chi connectivity index (χ4v) is 3.54. The largest absolute Gasteiger partial charge is 0.416 e. The van der Waals surface area contributed by atoms with Crippen molar-refractivity contribution < 1.29 is 13.2 Å². The molecule has 23 heavy (non-hydrogen) atoms. The zero-order valence-corrected chi connectivity index (χ0v) is 13.8. The predicted octanol–water partition coefficient (Wildman–Crippen LogP) is 5.05. The summed E-state index contributed by atoms with van der Waals surface area (Å²) in [6.07, 6.45) is -1.97. The van der Waals surface area contributed by atoms with Crippen molar-refractivity contribution in [2.45, 2.75) is 55.7 Å². The summed E-state index contributed by atoms with van der Waals surface area (Å²) in [4.78, 5) is 0. The van der Waals surface area contributed by atoms with Crippen LogP contribution in [0.15, 0.2) is 29.4 Å². The minimum absolute atomic E-state index is 0.0128. The van der Waals surface area contributed by atoms with Gasteiger partial charge in [0, 0.05) is 17.7 Å². The number of thioether (sulfide) groups is 1. The van der Waals surface area contributed by atoms with Crippen molar-refractivity contribution in [2.24, 2.45) is 0 Å². The van der Waals surface area contributed by atoms with Crippen LogP contribution in [0.5, 0.6) is 0 Å². The van der Waals surface area contributed by atoms with Gasteiger partial charge in [0.1, 0.15) is 5.82 Å². The Kier molecular flexibility index (Phi) is 4.40. The highest BCUT2D eigenvalue weighted by Crippen LogP contribution is 2.42. The number of hydrogen-bond acceptors (Lipinski definition) is 3. The van der Waals surface area contributed by atoms with Gasteiger partial charge in [-0.2, -0.15) is 13.2 Å². The predicted molar refractivity (Wildman–Crippen MR) is 83.4 cm³/mol. The molecule has 124 valence electrons. The molecule has 0 N–H and O–H groups in total. The van der Waals surface area contributed by atoms with Crippen LogP contribution < -0.4 is 0 Å².